The molecule has 1 heterocycles. The van der Waals surface area contributed by atoms with E-state index < -0.39 is 0 Å². The zero-order chi connectivity index (χ0) is 13.8. The summed E-state index contributed by atoms with van der Waals surface area (Å²) in [5.41, 5.74) is 7.16. The highest BCUT2D eigenvalue weighted by Gasteiger charge is 2.12. The van der Waals surface area contributed by atoms with Crippen LogP contribution in [-0.2, 0) is 13.2 Å². The van der Waals surface area contributed by atoms with Crippen LogP contribution in [0.5, 0.6) is 11.5 Å². The van der Waals surface area contributed by atoms with Crippen LogP contribution in [0.25, 0.3) is 0 Å². The van der Waals surface area contributed by atoms with Crippen molar-refractivity contribution in [3.63, 3.8) is 0 Å². The summed E-state index contributed by atoms with van der Waals surface area (Å²) >= 11 is 6.16. The Morgan fingerprint density at radius 2 is 2.16 bits per heavy atom. The molecule has 1 aromatic heterocycles. The van der Waals surface area contributed by atoms with Crippen LogP contribution in [0, 0.1) is 6.92 Å². The number of hydrogen-bond acceptors (Lipinski definition) is 5. The molecule has 0 unspecified atom stereocenters. The molecule has 0 bridgehead atoms. The van der Waals surface area contributed by atoms with E-state index in [0.717, 1.165) is 11.3 Å². The van der Waals surface area contributed by atoms with Gasteiger partial charge in [-0.3, -0.25) is 0 Å². The molecule has 6 heteroatoms. The summed E-state index contributed by atoms with van der Waals surface area (Å²) in [6.45, 7) is 2.47. The van der Waals surface area contributed by atoms with E-state index in [1.54, 1.807) is 25.3 Å². The largest absolute Gasteiger partial charge is 0.493 e. The van der Waals surface area contributed by atoms with Crippen molar-refractivity contribution >= 4 is 11.6 Å². The molecule has 0 atom stereocenters. The fraction of sp³-hybridized carbons (Fsp3) is 0.308. The minimum absolute atomic E-state index is 0.259. The van der Waals surface area contributed by atoms with Gasteiger partial charge in [0.1, 0.15) is 18.1 Å². The van der Waals surface area contributed by atoms with Crippen molar-refractivity contribution in [2.24, 2.45) is 5.73 Å². The van der Waals surface area contributed by atoms with Crippen LogP contribution in [0.2, 0.25) is 5.02 Å². The van der Waals surface area contributed by atoms with Crippen molar-refractivity contribution in [2.75, 3.05) is 7.11 Å². The summed E-state index contributed by atoms with van der Waals surface area (Å²) in [6, 6.07) is 5.36. The normalized spacial score (nSPS) is 10.5. The maximum Gasteiger partial charge on any atom is 0.180 e. The molecule has 102 valence electrons. The fourth-order valence-corrected chi connectivity index (χ4v) is 1.95. The lowest BCUT2D eigenvalue weighted by molar-refractivity contribution is 0.271. The molecule has 2 rings (SSSR count). The number of rotatable bonds is 5. The summed E-state index contributed by atoms with van der Waals surface area (Å²) < 4.78 is 15.9. The minimum Gasteiger partial charge on any atom is -0.493 e. The molecule has 2 N–H and O–H groups in total. The van der Waals surface area contributed by atoms with Crippen molar-refractivity contribution in [2.45, 2.75) is 20.1 Å². The van der Waals surface area contributed by atoms with Crippen molar-refractivity contribution in [3.8, 4) is 11.5 Å². The number of aryl methyl sites for hydroxylation is 1. The standard InChI is InChI=1S/C13H15ClN2O3/c1-8-3-10(16-19-8)7-18-13-11(14)4-9(6-15)5-12(13)17-2/h3-5H,6-7,15H2,1-2H3. The van der Waals surface area contributed by atoms with E-state index >= 15 is 0 Å². The van der Waals surface area contributed by atoms with Crippen molar-refractivity contribution in [1.82, 2.24) is 5.16 Å². The van der Waals surface area contributed by atoms with Gasteiger partial charge in [0.2, 0.25) is 0 Å². The quantitative estimate of drug-likeness (QED) is 0.913. The predicted octanol–water partition coefficient (Wildman–Crippen LogP) is 2.68. The van der Waals surface area contributed by atoms with Crippen LogP contribution in [-0.4, -0.2) is 12.3 Å². The molecule has 0 aliphatic carbocycles. The van der Waals surface area contributed by atoms with Gasteiger partial charge in [-0.05, 0) is 24.6 Å². The Morgan fingerprint density at radius 1 is 1.37 bits per heavy atom. The number of hydrogen-bond donors (Lipinski definition) is 1. The average Bonchev–Trinajstić information content (AvgIpc) is 2.82. The first-order chi connectivity index (χ1) is 9.13. The monoisotopic (exact) mass is 282 g/mol. The topological polar surface area (TPSA) is 70.5 Å². The molecule has 0 amide bonds. The molecule has 0 spiro atoms. The second-order valence-electron chi connectivity index (χ2n) is 4.03. The van der Waals surface area contributed by atoms with Gasteiger partial charge in [-0.1, -0.05) is 16.8 Å². The third-order valence-electron chi connectivity index (χ3n) is 2.57. The first-order valence-corrected chi connectivity index (χ1v) is 6.13. The van der Waals surface area contributed by atoms with Crippen molar-refractivity contribution in [1.29, 1.82) is 0 Å². The molecule has 0 aliphatic rings. The average molecular weight is 283 g/mol. The van der Waals surface area contributed by atoms with E-state index in [-0.39, 0.29) is 6.61 Å². The first kappa shape index (κ1) is 13.7. The second kappa shape index (κ2) is 5.95. The Hall–Kier alpha value is -1.72. The molecule has 5 nitrogen and oxygen atoms in total. The highest BCUT2D eigenvalue weighted by atomic mass is 35.5. The highest BCUT2D eigenvalue weighted by molar-refractivity contribution is 6.32. The van der Waals surface area contributed by atoms with E-state index in [1.807, 2.05) is 6.92 Å². The number of ether oxygens (including phenoxy) is 2. The smallest absolute Gasteiger partial charge is 0.180 e. The van der Waals surface area contributed by atoms with E-state index in [0.29, 0.717) is 28.8 Å². The Morgan fingerprint density at radius 3 is 2.74 bits per heavy atom. The third-order valence-corrected chi connectivity index (χ3v) is 2.85. The molecule has 0 radical (unpaired) electrons. The Balaban J connectivity index is 2.19. The number of aromatic nitrogens is 1. The summed E-state index contributed by atoms with van der Waals surface area (Å²) in [6.07, 6.45) is 0. The molecular formula is C13H15ClN2O3. The summed E-state index contributed by atoms with van der Waals surface area (Å²) in [5, 5.41) is 4.30. The van der Waals surface area contributed by atoms with Crippen LogP contribution in [0.3, 0.4) is 0 Å². The lowest BCUT2D eigenvalue weighted by Crippen LogP contribution is -2.01. The minimum atomic E-state index is 0.259. The Bertz CT molecular complexity index is 569. The van der Waals surface area contributed by atoms with E-state index in [2.05, 4.69) is 5.16 Å². The van der Waals surface area contributed by atoms with Crippen LogP contribution >= 0.6 is 11.6 Å². The zero-order valence-electron chi connectivity index (χ0n) is 10.8. The number of halogens is 1. The summed E-state index contributed by atoms with van der Waals surface area (Å²) in [5.74, 6) is 1.75. The van der Waals surface area contributed by atoms with Crippen molar-refractivity contribution < 1.29 is 14.0 Å². The van der Waals surface area contributed by atoms with Gasteiger partial charge in [0.15, 0.2) is 11.5 Å². The van der Waals surface area contributed by atoms with Crippen LogP contribution < -0.4 is 15.2 Å². The number of methoxy groups -OCH3 is 1. The molecule has 0 aliphatic heterocycles. The maximum absolute atomic E-state index is 6.16. The van der Waals surface area contributed by atoms with Gasteiger partial charge in [0, 0.05) is 12.6 Å². The van der Waals surface area contributed by atoms with E-state index in [4.69, 9.17) is 31.3 Å². The summed E-state index contributed by atoms with van der Waals surface area (Å²) in [7, 11) is 1.55. The van der Waals surface area contributed by atoms with Crippen LogP contribution in [0.15, 0.2) is 22.7 Å². The molecule has 1 aromatic carbocycles. The Kier molecular flexibility index (Phi) is 4.29. The van der Waals surface area contributed by atoms with Gasteiger partial charge in [-0.2, -0.15) is 0 Å². The van der Waals surface area contributed by atoms with Gasteiger partial charge in [0.05, 0.1) is 12.1 Å². The maximum atomic E-state index is 6.16. The van der Waals surface area contributed by atoms with E-state index in [9.17, 15) is 0 Å². The third kappa shape index (κ3) is 3.19. The first-order valence-electron chi connectivity index (χ1n) is 5.75. The molecule has 0 fully saturated rings. The molecule has 0 saturated heterocycles. The van der Waals surface area contributed by atoms with Gasteiger partial charge >= 0.3 is 0 Å². The lowest BCUT2D eigenvalue weighted by Gasteiger charge is -2.12. The Labute approximate surface area is 116 Å². The van der Waals surface area contributed by atoms with Gasteiger partial charge in [0.25, 0.3) is 0 Å². The highest BCUT2D eigenvalue weighted by Crippen LogP contribution is 2.36. The lowest BCUT2D eigenvalue weighted by atomic mass is 10.2. The molecule has 2 aromatic rings. The fourth-order valence-electron chi connectivity index (χ4n) is 1.66. The number of nitrogens with two attached hydrogens (primary N) is 1. The summed E-state index contributed by atoms with van der Waals surface area (Å²) in [4.78, 5) is 0. The van der Waals surface area contributed by atoms with Crippen LogP contribution in [0.4, 0.5) is 0 Å². The van der Waals surface area contributed by atoms with Gasteiger partial charge in [-0.15, -0.1) is 0 Å². The van der Waals surface area contributed by atoms with E-state index in [1.165, 1.54) is 0 Å². The van der Waals surface area contributed by atoms with Crippen LogP contribution in [0.1, 0.15) is 17.0 Å². The molecule has 19 heavy (non-hydrogen) atoms. The predicted molar refractivity (Wildman–Crippen MR) is 71.5 cm³/mol. The zero-order valence-corrected chi connectivity index (χ0v) is 11.5. The molecular weight excluding hydrogens is 268 g/mol. The van der Waals surface area contributed by atoms with Gasteiger partial charge < -0.3 is 19.7 Å². The SMILES string of the molecule is COc1cc(CN)cc(Cl)c1OCc1cc(C)on1. The van der Waals surface area contributed by atoms with Crippen molar-refractivity contribution in [3.05, 3.63) is 40.2 Å². The van der Waals surface area contributed by atoms with Gasteiger partial charge in [-0.25, -0.2) is 0 Å². The number of nitrogens with zero attached hydrogens (tertiary/aromatic N) is 1. The molecule has 0 saturated carbocycles. The second-order valence-corrected chi connectivity index (χ2v) is 4.44. The number of benzene rings is 1.